The summed E-state index contributed by atoms with van der Waals surface area (Å²) in [6.07, 6.45) is 8.77. The zero-order valence-corrected chi connectivity index (χ0v) is 22.1. The molecule has 9 heteroatoms. The van der Waals surface area contributed by atoms with Gasteiger partial charge in [0.15, 0.2) is 5.79 Å². The predicted molar refractivity (Wildman–Crippen MR) is 136 cm³/mol. The number of aryl methyl sites for hydroxylation is 1. The molecule has 2 aromatic rings. The van der Waals surface area contributed by atoms with Crippen molar-refractivity contribution in [1.82, 2.24) is 19.4 Å². The van der Waals surface area contributed by atoms with Gasteiger partial charge >= 0.3 is 6.09 Å². The maximum absolute atomic E-state index is 12.6. The summed E-state index contributed by atoms with van der Waals surface area (Å²) in [6.45, 7) is 12.2. The normalized spacial score (nSPS) is 30.2. The van der Waals surface area contributed by atoms with Crippen LogP contribution < -0.4 is 5.32 Å². The van der Waals surface area contributed by atoms with Gasteiger partial charge in [-0.2, -0.15) is 0 Å². The Labute approximate surface area is 212 Å². The summed E-state index contributed by atoms with van der Waals surface area (Å²) in [5.41, 5.74) is 1.83. The van der Waals surface area contributed by atoms with Crippen LogP contribution in [-0.4, -0.2) is 68.8 Å². The van der Waals surface area contributed by atoms with Crippen LogP contribution in [0, 0.1) is 11.8 Å². The van der Waals surface area contributed by atoms with Gasteiger partial charge in [0.25, 0.3) is 0 Å². The number of carbonyl (C=O) groups excluding carboxylic acids is 1. The van der Waals surface area contributed by atoms with E-state index < -0.39 is 11.4 Å². The molecule has 1 saturated carbocycles. The third-order valence-corrected chi connectivity index (χ3v) is 8.24. The molecule has 0 unspecified atom stereocenters. The smallest absolute Gasteiger partial charge is 0.410 e. The van der Waals surface area contributed by atoms with Crippen molar-refractivity contribution < 1.29 is 19.0 Å². The molecule has 4 atom stereocenters. The Morgan fingerprint density at radius 2 is 1.92 bits per heavy atom. The number of carbonyl (C=O) groups is 1. The lowest BCUT2D eigenvalue weighted by Crippen LogP contribution is -2.44. The number of amides is 1. The zero-order valence-electron chi connectivity index (χ0n) is 22.1. The lowest BCUT2D eigenvalue weighted by molar-refractivity contribution is -0.163. The Balaban J connectivity index is 1.25. The monoisotopic (exact) mass is 497 g/mol. The Morgan fingerprint density at radius 3 is 2.67 bits per heavy atom. The van der Waals surface area contributed by atoms with Gasteiger partial charge in [0.05, 0.1) is 17.5 Å². The van der Waals surface area contributed by atoms with Crippen molar-refractivity contribution in [1.29, 1.82) is 0 Å². The predicted octanol–water partition coefficient (Wildman–Crippen LogP) is 4.52. The van der Waals surface area contributed by atoms with Gasteiger partial charge in [0.2, 0.25) is 0 Å². The second-order valence-electron chi connectivity index (χ2n) is 12.3. The highest BCUT2D eigenvalue weighted by molar-refractivity contribution is 5.91. The highest BCUT2D eigenvalue weighted by Gasteiger charge is 2.56. The van der Waals surface area contributed by atoms with Crippen LogP contribution >= 0.6 is 0 Å². The molecule has 1 N–H and O–H groups in total. The summed E-state index contributed by atoms with van der Waals surface area (Å²) in [4.78, 5) is 23.7. The number of likely N-dealkylation sites (tertiary alicyclic amines) is 1. The number of fused-ring (bicyclic) bond motifs is 1. The van der Waals surface area contributed by atoms with Crippen LogP contribution in [0.25, 0.3) is 11.0 Å². The van der Waals surface area contributed by atoms with E-state index in [1.807, 2.05) is 39.5 Å². The summed E-state index contributed by atoms with van der Waals surface area (Å²) in [5, 5.41) is 4.63. The first-order valence-electron chi connectivity index (χ1n) is 13.5. The highest BCUT2D eigenvalue weighted by Crippen LogP contribution is 2.52. The molecule has 3 aliphatic heterocycles. The molecule has 6 rings (SSSR count). The van der Waals surface area contributed by atoms with Crippen LogP contribution in [0.4, 0.5) is 10.6 Å². The molecular weight excluding hydrogens is 458 g/mol. The number of rotatable bonds is 2. The molecule has 0 bridgehead atoms. The number of hydrogen-bond acceptors (Lipinski definition) is 7. The standard InChI is InChI=1S/C27H39N5O4/c1-26(2,3)36-25(33)31-11-8-16(9-12-31)18-13-19(22-21(18)34-27(4,5)35-22)32-14-17-7-6-10-28-23-20(17)24(32)30-15-29-23/h14-16,18-19,21-22H,6-13H2,1-5H3,(H,28,29,30)/t18-,19-,21-,22+/m1/s1. The molecule has 1 aliphatic carbocycles. The van der Waals surface area contributed by atoms with Crippen molar-refractivity contribution in [3.63, 3.8) is 0 Å². The summed E-state index contributed by atoms with van der Waals surface area (Å²) < 4.78 is 21.1. The molecule has 2 saturated heterocycles. The average molecular weight is 498 g/mol. The molecule has 4 aliphatic rings. The first kappa shape index (κ1) is 24.0. The van der Waals surface area contributed by atoms with E-state index >= 15 is 0 Å². The van der Waals surface area contributed by atoms with E-state index in [0.29, 0.717) is 11.8 Å². The number of nitrogens with one attached hydrogen (secondary N) is 1. The summed E-state index contributed by atoms with van der Waals surface area (Å²) >= 11 is 0. The van der Waals surface area contributed by atoms with Crippen LogP contribution in [-0.2, 0) is 20.6 Å². The minimum Gasteiger partial charge on any atom is -0.444 e. The number of piperidine rings is 1. The third-order valence-electron chi connectivity index (χ3n) is 8.24. The number of aromatic nitrogens is 3. The van der Waals surface area contributed by atoms with Crippen molar-refractivity contribution in [2.75, 3.05) is 25.0 Å². The van der Waals surface area contributed by atoms with Crippen LogP contribution in [0.15, 0.2) is 12.5 Å². The molecule has 5 heterocycles. The second kappa shape index (κ2) is 8.58. The molecule has 0 spiro atoms. The van der Waals surface area contributed by atoms with E-state index in [4.69, 9.17) is 19.2 Å². The zero-order chi connectivity index (χ0) is 25.2. The van der Waals surface area contributed by atoms with Crippen molar-refractivity contribution >= 4 is 22.9 Å². The highest BCUT2D eigenvalue weighted by atomic mass is 16.8. The minimum absolute atomic E-state index is 0.0216. The molecule has 0 aromatic carbocycles. The van der Waals surface area contributed by atoms with Crippen LogP contribution in [0.3, 0.4) is 0 Å². The summed E-state index contributed by atoms with van der Waals surface area (Å²) in [7, 11) is 0. The lowest BCUT2D eigenvalue weighted by Gasteiger charge is -2.37. The number of hydrogen-bond donors (Lipinski definition) is 1. The van der Waals surface area contributed by atoms with Crippen LogP contribution in [0.1, 0.15) is 71.9 Å². The van der Waals surface area contributed by atoms with Crippen molar-refractivity contribution in [3.05, 3.63) is 18.1 Å². The number of ether oxygens (including phenoxy) is 3. The van der Waals surface area contributed by atoms with Crippen molar-refractivity contribution in [3.8, 4) is 0 Å². The molecule has 0 radical (unpaired) electrons. The van der Waals surface area contributed by atoms with E-state index in [2.05, 4.69) is 21.1 Å². The van der Waals surface area contributed by atoms with E-state index in [-0.39, 0.29) is 24.3 Å². The SMILES string of the molecule is CC(C)(C)OC(=O)N1CCC([C@H]2C[C@@H](n3cc4c5c(ncnc53)NCCC4)[C@@H]3OC(C)(C)O[C@@H]32)CC1. The Morgan fingerprint density at radius 1 is 1.17 bits per heavy atom. The fraction of sp³-hybridized carbons (Fsp3) is 0.741. The van der Waals surface area contributed by atoms with Gasteiger partial charge in [-0.3, -0.25) is 0 Å². The van der Waals surface area contributed by atoms with Gasteiger partial charge in [-0.25, -0.2) is 14.8 Å². The van der Waals surface area contributed by atoms with E-state index in [1.165, 1.54) is 5.56 Å². The fourth-order valence-electron chi connectivity index (χ4n) is 6.79. The molecular formula is C27H39N5O4. The van der Waals surface area contributed by atoms with Gasteiger partial charge in [-0.05, 0) is 84.1 Å². The van der Waals surface area contributed by atoms with E-state index in [0.717, 1.165) is 68.6 Å². The number of nitrogens with zero attached hydrogens (tertiary/aromatic N) is 4. The first-order valence-corrected chi connectivity index (χ1v) is 13.5. The molecule has 9 nitrogen and oxygen atoms in total. The van der Waals surface area contributed by atoms with Gasteiger partial charge in [-0.1, -0.05) is 0 Å². The Kier molecular flexibility index (Phi) is 5.72. The maximum Gasteiger partial charge on any atom is 0.410 e. The van der Waals surface area contributed by atoms with Crippen molar-refractivity contribution in [2.24, 2.45) is 11.8 Å². The Bertz CT molecular complexity index is 1150. The van der Waals surface area contributed by atoms with E-state index in [1.54, 1.807) is 6.33 Å². The van der Waals surface area contributed by atoms with Crippen LogP contribution in [0.5, 0.6) is 0 Å². The maximum atomic E-state index is 12.6. The quantitative estimate of drug-likeness (QED) is 0.652. The van der Waals surface area contributed by atoms with Gasteiger partial charge in [-0.15, -0.1) is 0 Å². The van der Waals surface area contributed by atoms with Crippen molar-refractivity contribution in [2.45, 2.75) is 96.4 Å². The lowest BCUT2D eigenvalue weighted by atomic mass is 9.82. The van der Waals surface area contributed by atoms with Gasteiger partial charge in [0, 0.05) is 25.8 Å². The minimum atomic E-state index is -0.609. The Hall–Kier alpha value is -2.39. The van der Waals surface area contributed by atoms with Gasteiger partial charge < -0.3 is 29.0 Å². The molecule has 1 amide bonds. The first-order chi connectivity index (χ1) is 17.1. The molecule has 3 fully saturated rings. The fourth-order valence-corrected chi connectivity index (χ4v) is 6.79. The third kappa shape index (κ3) is 4.24. The molecule has 2 aromatic heterocycles. The average Bonchev–Trinajstić information content (AvgIpc) is 3.38. The number of anilines is 1. The van der Waals surface area contributed by atoms with Crippen LogP contribution in [0.2, 0.25) is 0 Å². The molecule has 196 valence electrons. The topological polar surface area (TPSA) is 90.7 Å². The second-order valence-corrected chi connectivity index (χ2v) is 12.3. The summed E-state index contributed by atoms with van der Waals surface area (Å²) in [5.74, 6) is 1.18. The largest absolute Gasteiger partial charge is 0.444 e. The van der Waals surface area contributed by atoms with E-state index in [9.17, 15) is 4.79 Å². The summed E-state index contributed by atoms with van der Waals surface area (Å²) in [6, 6.07) is 0.157. The molecule has 36 heavy (non-hydrogen) atoms. The van der Waals surface area contributed by atoms with Gasteiger partial charge in [0.1, 0.15) is 29.5 Å².